The fourth-order valence-electron chi connectivity index (χ4n) is 2.65. The van der Waals surface area contributed by atoms with Gasteiger partial charge >= 0.3 is 0 Å². The first kappa shape index (κ1) is 17.8. The van der Waals surface area contributed by atoms with Gasteiger partial charge in [0.2, 0.25) is 0 Å². The van der Waals surface area contributed by atoms with Crippen molar-refractivity contribution in [1.82, 2.24) is 4.90 Å². The average molecular weight is 291 g/mol. The summed E-state index contributed by atoms with van der Waals surface area (Å²) in [5.41, 5.74) is 0. The molecule has 0 aromatic carbocycles. The Morgan fingerprint density at radius 2 is 1.75 bits per heavy atom. The summed E-state index contributed by atoms with van der Waals surface area (Å²) in [6.07, 6.45) is 0.906. The number of ether oxygens (including phenoxy) is 1. The average Bonchev–Trinajstić information content (AvgIpc) is 2.44. The van der Waals surface area contributed by atoms with Crippen LogP contribution < -0.4 is 0 Å². The molecule has 0 bridgehead atoms. The van der Waals surface area contributed by atoms with Gasteiger partial charge in [-0.05, 0) is 26.3 Å². The molecule has 120 valence electrons. The standard InChI is InChI=1S/C14H29NO5/c1-2-20-8-6-4-3-5-7-15-9-12(17)14(19)13(18)11(15)10-16/h11-14,16-19H,2-10H2,1H3/t11-,12+,13-,14-/m1/s1. The van der Waals surface area contributed by atoms with Crippen LogP contribution in [-0.4, -0.2) is 82.6 Å². The maximum atomic E-state index is 9.85. The lowest BCUT2D eigenvalue weighted by molar-refractivity contribution is -0.145. The van der Waals surface area contributed by atoms with Gasteiger partial charge in [0, 0.05) is 19.8 Å². The lowest BCUT2D eigenvalue weighted by Gasteiger charge is -2.43. The van der Waals surface area contributed by atoms with Gasteiger partial charge in [-0.25, -0.2) is 0 Å². The molecule has 1 aliphatic heterocycles. The van der Waals surface area contributed by atoms with Crippen molar-refractivity contribution >= 4 is 0 Å². The van der Waals surface area contributed by atoms with E-state index in [9.17, 15) is 20.4 Å². The van der Waals surface area contributed by atoms with Crippen molar-refractivity contribution in [2.24, 2.45) is 0 Å². The van der Waals surface area contributed by atoms with Gasteiger partial charge in [-0.1, -0.05) is 12.8 Å². The third kappa shape index (κ3) is 5.27. The van der Waals surface area contributed by atoms with E-state index in [2.05, 4.69) is 0 Å². The third-order valence-corrected chi connectivity index (χ3v) is 3.90. The Labute approximate surface area is 121 Å². The first-order valence-electron chi connectivity index (χ1n) is 7.58. The van der Waals surface area contributed by atoms with Gasteiger partial charge in [0.05, 0.1) is 18.8 Å². The first-order valence-corrected chi connectivity index (χ1v) is 7.58. The van der Waals surface area contributed by atoms with Crippen LogP contribution in [0, 0.1) is 0 Å². The van der Waals surface area contributed by atoms with Crippen molar-refractivity contribution in [2.75, 3.05) is 32.9 Å². The lowest BCUT2D eigenvalue weighted by atomic mass is 9.94. The van der Waals surface area contributed by atoms with E-state index >= 15 is 0 Å². The highest BCUT2D eigenvalue weighted by atomic mass is 16.5. The molecule has 0 saturated carbocycles. The van der Waals surface area contributed by atoms with Crippen LogP contribution in [0.5, 0.6) is 0 Å². The van der Waals surface area contributed by atoms with Crippen LogP contribution in [0.3, 0.4) is 0 Å². The topological polar surface area (TPSA) is 93.4 Å². The zero-order valence-corrected chi connectivity index (χ0v) is 12.3. The quantitative estimate of drug-likeness (QED) is 0.422. The fraction of sp³-hybridized carbons (Fsp3) is 1.00. The second kappa shape index (κ2) is 9.65. The minimum Gasteiger partial charge on any atom is -0.395 e. The van der Waals surface area contributed by atoms with E-state index in [0.717, 1.165) is 38.9 Å². The van der Waals surface area contributed by atoms with Gasteiger partial charge < -0.3 is 25.2 Å². The summed E-state index contributed by atoms with van der Waals surface area (Å²) in [4.78, 5) is 1.87. The summed E-state index contributed by atoms with van der Waals surface area (Å²) in [7, 11) is 0. The van der Waals surface area contributed by atoms with Gasteiger partial charge in [0.15, 0.2) is 0 Å². The third-order valence-electron chi connectivity index (χ3n) is 3.90. The summed E-state index contributed by atoms with van der Waals surface area (Å²) in [5.74, 6) is 0. The Morgan fingerprint density at radius 1 is 1.05 bits per heavy atom. The van der Waals surface area contributed by atoms with E-state index in [0.29, 0.717) is 13.1 Å². The molecule has 1 aliphatic rings. The van der Waals surface area contributed by atoms with Crippen molar-refractivity contribution in [1.29, 1.82) is 0 Å². The highest BCUT2D eigenvalue weighted by Crippen LogP contribution is 2.19. The Bertz CT molecular complexity index is 254. The van der Waals surface area contributed by atoms with Gasteiger partial charge in [-0.3, -0.25) is 4.90 Å². The molecule has 0 aliphatic carbocycles. The highest BCUT2D eigenvalue weighted by Gasteiger charge is 2.40. The molecular weight excluding hydrogens is 262 g/mol. The second-order valence-electron chi connectivity index (χ2n) is 5.40. The van der Waals surface area contributed by atoms with Gasteiger partial charge in [0.25, 0.3) is 0 Å². The van der Waals surface area contributed by atoms with Gasteiger partial charge in [-0.15, -0.1) is 0 Å². The van der Waals surface area contributed by atoms with Crippen molar-refractivity contribution in [3.63, 3.8) is 0 Å². The van der Waals surface area contributed by atoms with Crippen LogP contribution in [0.1, 0.15) is 32.6 Å². The lowest BCUT2D eigenvalue weighted by Crippen LogP contribution is -2.62. The van der Waals surface area contributed by atoms with Crippen LogP contribution in [-0.2, 0) is 4.74 Å². The van der Waals surface area contributed by atoms with Gasteiger partial charge in [0.1, 0.15) is 12.2 Å². The summed E-state index contributed by atoms with van der Waals surface area (Å²) in [6, 6.07) is -0.489. The summed E-state index contributed by atoms with van der Waals surface area (Å²) >= 11 is 0. The maximum Gasteiger partial charge on any atom is 0.109 e. The minimum atomic E-state index is -1.17. The van der Waals surface area contributed by atoms with E-state index in [1.807, 2.05) is 11.8 Å². The SMILES string of the molecule is CCOCCCCCCN1C[C@H](O)[C@@H](O)[C@H](O)[C@H]1CO. The van der Waals surface area contributed by atoms with Crippen LogP contribution >= 0.6 is 0 Å². The molecule has 1 rings (SSSR count). The molecule has 0 amide bonds. The number of β-amino-alcohol motifs (C(OH)–C–C–N with tert-alkyl or cyclic N) is 1. The predicted molar refractivity (Wildman–Crippen MR) is 75.4 cm³/mol. The molecule has 6 nitrogen and oxygen atoms in total. The predicted octanol–water partition coefficient (Wildman–Crippen LogP) is -0.657. The van der Waals surface area contributed by atoms with E-state index in [4.69, 9.17) is 4.74 Å². The molecule has 0 aromatic heterocycles. The van der Waals surface area contributed by atoms with Crippen molar-refractivity contribution in [3.8, 4) is 0 Å². The summed E-state index contributed by atoms with van der Waals surface area (Å²) < 4.78 is 5.27. The number of aliphatic hydroxyl groups is 4. The van der Waals surface area contributed by atoms with Crippen molar-refractivity contribution < 1.29 is 25.2 Å². The van der Waals surface area contributed by atoms with E-state index in [1.165, 1.54) is 0 Å². The second-order valence-corrected chi connectivity index (χ2v) is 5.40. The number of hydrogen-bond acceptors (Lipinski definition) is 6. The molecule has 1 heterocycles. The van der Waals surface area contributed by atoms with E-state index in [-0.39, 0.29) is 6.61 Å². The molecule has 0 aromatic rings. The first-order chi connectivity index (χ1) is 9.61. The van der Waals surface area contributed by atoms with E-state index < -0.39 is 24.4 Å². The highest BCUT2D eigenvalue weighted by molar-refractivity contribution is 4.93. The van der Waals surface area contributed by atoms with Crippen molar-refractivity contribution in [3.05, 3.63) is 0 Å². The zero-order chi connectivity index (χ0) is 15.0. The van der Waals surface area contributed by atoms with Crippen LogP contribution in [0.2, 0.25) is 0 Å². The van der Waals surface area contributed by atoms with E-state index in [1.54, 1.807) is 0 Å². The Morgan fingerprint density at radius 3 is 2.40 bits per heavy atom. The number of hydrogen-bond donors (Lipinski definition) is 4. The van der Waals surface area contributed by atoms with Crippen LogP contribution in [0.4, 0.5) is 0 Å². The monoisotopic (exact) mass is 291 g/mol. The summed E-state index contributed by atoms with van der Waals surface area (Å²) in [5, 5.41) is 38.5. The molecule has 0 radical (unpaired) electrons. The molecule has 1 saturated heterocycles. The van der Waals surface area contributed by atoms with Crippen LogP contribution in [0.25, 0.3) is 0 Å². The minimum absolute atomic E-state index is 0.213. The number of rotatable bonds is 9. The maximum absolute atomic E-state index is 9.85. The summed E-state index contributed by atoms with van der Waals surface area (Å²) in [6.45, 7) is 4.32. The number of aliphatic hydroxyl groups excluding tert-OH is 4. The fourth-order valence-corrected chi connectivity index (χ4v) is 2.65. The molecule has 6 heteroatoms. The molecule has 0 unspecified atom stereocenters. The largest absolute Gasteiger partial charge is 0.395 e. The normalized spacial score (nSPS) is 31.6. The molecule has 20 heavy (non-hydrogen) atoms. The van der Waals surface area contributed by atoms with Crippen molar-refractivity contribution in [2.45, 2.75) is 57.0 Å². The molecule has 1 fully saturated rings. The number of unbranched alkanes of at least 4 members (excludes halogenated alkanes) is 3. The number of nitrogens with zero attached hydrogens (tertiary/aromatic N) is 1. The molecule has 4 N–H and O–H groups in total. The Kier molecular flexibility index (Phi) is 8.60. The Balaban J connectivity index is 2.24. The zero-order valence-electron chi connectivity index (χ0n) is 12.3. The Hall–Kier alpha value is -0.240. The molecular formula is C14H29NO5. The number of likely N-dealkylation sites (tertiary alicyclic amines) is 1. The molecule has 0 spiro atoms. The van der Waals surface area contributed by atoms with Crippen LogP contribution in [0.15, 0.2) is 0 Å². The smallest absolute Gasteiger partial charge is 0.109 e. The molecule has 4 atom stereocenters. The van der Waals surface area contributed by atoms with Gasteiger partial charge in [-0.2, -0.15) is 0 Å². The number of piperidine rings is 1.